The maximum Gasteiger partial charge on any atom is 0.573 e. The van der Waals surface area contributed by atoms with Crippen molar-refractivity contribution < 1.29 is 32.5 Å². The van der Waals surface area contributed by atoms with Crippen molar-refractivity contribution >= 4 is 5.97 Å². The number of carboxylic acid groups (broad SMARTS) is 1. The van der Waals surface area contributed by atoms with Crippen LogP contribution in [0.4, 0.5) is 13.2 Å². The average molecular weight is 266 g/mol. The van der Waals surface area contributed by atoms with E-state index in [4.69, 9.17) is 10.8 Å². The van der Waals surface area contributed by atoms with Crippen molar-refractivity contribution in [3.8, 4) is 11.6 Å². The molecule has 18 heavy (non-hydrogen) atoms. The van der Waals surface area contributed by atoms with Crippen molar-refractivity contribution in [3.05, 3.63) is 17.3 Å². The number of carboxylic acids is 1. The van der Waals surface area contributed by atoms with Crippen LogP contribution in [0.3, 0.4) is 0 Å². The van der Waals surface area contributed by atoms with Crippen LogP contribution in [0.1, 0.15) is 16.1 Å². The summed E-state index contributed by atoms with van der Waals surface area (Å²) in [6, 6.07) is 0.895. The van der Waals surface area contributed by atoms with Crippen molar-refractivity contribution in [2.45, 2.75) is 12.9 Å². The molecule has 1 heterocycles. The Labute approximate surface area is 99.1 Å². The lowest BCUT2D eigenvalue weighted by Gasteiger charge is -2.14. The zero-order chi connectivity index (χ0) is 13.9. The highest BCUT2D eigenvalue weighted by molar-refractivity contribution is 5.91. The third kappa shape index (κ3) is 3.23. The molecule has 100 valence electrons. The standard InChI is InChI=1S/C9H9F3N2O4/c1-17-7-6(18-9(10,11)12)5(8(15)16)2-4(3-13)14-7/h2H,3,13H2,1H3,(H,15,16). The molecular weight excluding hydrogens is 257 g/mol. The molecule has 0 amide bonds. The quantitative estimate of drug-likeness (QED) is 0.848. The van der Waals surface area contributed by atoms with Gasteiger partial charge < -0.3 is 20.3 Å². The van der Waals surface area contributed by atoms with Gasteiger partial charge in [0.25, 0.3) is 5.88 Å². The van der Waals surface area contributed by atoms with Crippen LogP contribution < -0.4 is 15.2 Å². The zero-order valence-corrected chi connectivity index (χ0v) is 9.11. The molecule has 1 aromatic rings. The summed E-state index contributed by atoms with van der Waals surface area (Å²) in [5.74, 6) is -3.20. The van der Waals surface area contributed by atoms with Gasteiger partial charge in [0.05, 0.1) is 12.8 Å². The number of aromatic carboxylic acids is 1. The summed E-state index contributed by atoms with van der Waals surface area (Å²) in [6.45, 7) is -0.150. The second kappa shape index (κ2) is 5.08. The molecule has 0 fully saturated rings. The third-order valence-electron chi connectivity index (χ3n) is 1.85. The molecule has 0 aromatic carbocycles. The van der Waals surface area contributed by atoms with Crippen molar-refractivity contribution in [1.82, 2.24) is 4.98 Å². The van der Waals surface area contributed by atoms with E-state index >= 15 is 0 Å². The molecule has 0 aliphatic rings. The molecule has 0 radical (unpaired) electrons. The summed E-state index contributed by atoms with van der Waals surface area (Å²) in [5.41, 5.74) is 4.59. The zero-order valence-electron chi connectivity index (χ0n) is 9.11. The predicted octanol–water partition coefficient (Wildman–Crippen LogP) is 1.15. The van der Waals surface area contributed by atoms with Gasteiger partial charge in [0.2, 0.25) is 5.75 Å². The summed E-state index contributed by atoms with van der Waals surface area (Å²) >= 11 is 0. The maximum atomic E-state index is 12.2. The Morgan fingerprint density at radius 1 is 1.56 bits per heavy atom. The van der Waals surface area contributed by atoms with E-state index in [1.165, 1.54) is 0 Å². The summed E-state index contributed by atoms with van der Waals surface area (Å²) in [4.78, 5) is 14.5. The van der Waals surface area contributed by atoms with Crippen LogP contribution in [0.2, 0.25) is 0 Å². The van der Waals surface area contributed by atoms with Gasteiger partial charge in [-0.3, -0.25) is 0 Å². The fraction of sp³-hybridized carbons (Fsp3) is 0.333. The van der Waals surface area contributed by atoms with Gasteiger partial charge in [0.1, 0.15) is 5.56 Å². The smallest absolute Gasteiger partial charge is 0.478 e. The molecule has 0 aliphatic heterocycles. The van der Waals surface area contributed by atoms with Gasteiger partial charge in [-0.25, -0.2) is 9.78 Å². The number of pyridine rings is 1. The second-order valence-electron chi connectivity index (χ2n) is 3.06. The van der Waals surface area contributed by atoms with Gasteiger partial charge in [-0.1, -0.05) is 0 Å². The summed E-state index contributed by atoms with van der Waals surface area (Å²) in [5, 5.41) is 8.83. The molecule has 0 aliphatic carbocycles. The van der Waals surface area contributed by atoms with Crippen molar-refractivity contribution in [2.24, 2.45) is 5.73 Å². The summed E-state index contributed by atoms with van der Waals surface area (Å²) in [7, 11) is 1.04. The summed E-state index contributed by atoms with van der Waals surface area (Å²) < 4.78 is 44.7. The number of hydrogen-bond donors (Lipinski definition) is 2. The van der Waals surface area contributed by atoms with Gasteiger partial charge >= 0.3 is 12.3 Å². The second-order valence-corrected chi connectivity index (χ2v) is 3.06. The number of ether oxygens (including phenoxy) is 2. The van der Waals surface area contributed by atoms with Crippen LogP contribution >= 0.6 is 0 Å². The maximum absolute atomic E-state index is 12.2. The molecule has 0 saturated carbocycles. The first-order valence-corrected chi connectivity index (χ1v) is 4.55. The minimum Gasteiger partial charge on any atom is -0.478 e. The molecule has 1 aromatic heterocycles. The number of nitrogens with zero attached hydrogens (tertiary/aromatic N) is 1. The van der Waals surface area contributed by atoms with E-state index in [9.17, 15) is 18.0 Å². The number of methoxy groups -OCH3 is 1. The van der Waals surface area contributed by atoms with Crippen molar-refractivity contribution in [1.29, 1.82) is 0 Å². The van der Waals surface area contributed by atoms with Crippen LogP contribution in [0.5, 0.6) is 11.6 Å². The Morgan fingerprint density at radius 2 is 2.17 bits per heavy atom. The van der Waals surface area contributed by atoms with Gasteiger partial charge in [-0.05, 0) is 6.07 Å². The molecule has 9 heteroatoms. The molecule has 3 N–H and O–H groups in total. The van der Waals surface area contributed by atoms with Crippen LogP contribution in [0.25, 0.3) is 0 Å². The number of hydrogen-bond acceptors (Lipinski definition) is 5. The molecule has 1 rings (SSSR count). The monoisotopic (exact) mass is 266 g/mol. The van der Waals surface area contributed by atoms with Gasteiger partial charge in [0, 0.05) is 6.54 Å². The van der Waals surface area contributed by atoms with Crippen molar-refractivity contribution in [2.75, 3.05) is 7.11 Å². The fourth-order valence-electron chi connectivity index (χ4n) is 1.18. The van der Waals surface area contributed by atoms with E-state index in [1.807, 2.05) is 0 Å². The third-order valence-corrected chi connectivity index (χ3v) is 1.85. The first kappa shape index (κ1) is 14.0. The Bertz CT molecular complexity index is 462. The first-order chi connectivity index (χ1) is 8.28. The molecule has 0 spiro atoms. The molecule has 0 bridgehead atoms. The molecular formula is C9H9F3N2O4. The van der Waals surface area contributed by atoms with E-state index in [0.717, 1.165) is 13.2 Å². The Morgan fingerprint density at radius 3 is 2.56 bits per heavy atom. The number of carbonyl (C=O) groups is 1. The highest BCUT2D eigenvalue weighted by Crippen LogP contribution is 2.34. The lowest BCUT2D eigenvalue weighted by Crippen LogP contribution is -2.20. The molecule has 0 saturated heterocycles. The lowest BCUT2D eigenvalue weighted by molar-refractivity contribution is -0.275. The first-order valence-electron chi connectivity index (χ1n) is 4.55. The lowest BCUT2D eigenvalue weighted by atomic mass is 10.2. The minimum absolute atomic E-state index is 0.0683. The largest absolute Gasteiger partial charge is 0.573 e. The topological polar surface area (TPSA) is 94.7 Å². The van der Waals surface area contributed by atoms with E-state index in [0.29, 0.717) is 0 Å². The van der Waals surface area contributed by atoms with Gasteiger partial charge in [-0.15, -0.1) is 13.2 Å². The Balaban J connectivity index is 3.39. The van der Waals surface area contributed by atoms with Crippen LogP contribution in [0, 0.1) is 0 Å². The Kier molecular flexibility index (Phi) is 3.96. The Hall–Kier alpha value is -2.03. The fourth-order valence-corrected chi connectivity index (χ4v) is 1.18. The number of rotatable bonds is 4. The SMILES string of the molecule is COc1nc(CN)cc(C(=O)O)c1OC(F)(F)F. The average Bonchev–Trinajstić information content (AvgIpc) is 2.26. The van der Waals surface area contributed by atoms with Crippen molar-refractivity contribution in [3.63, 3.8) is 0 Å². The number of alkyl halides is 3. The predicted molar refractivity (Wildman–Crippen MR) is 52.3 cm³/mol. The summed E-state index contributed by atoms with van der Waals surface area (Å²) in [6.07, 6.45) is -5.05. The van der Waals surface area contributed by atoms with Gasteiger partial charge in [0.15, 0.2) is 0 Å². The number of aromatic nitrogens is 1. The molecule has 0 unspecified atom stereocenters. The van der Waals surface area contributed by atoms with Crippen LogP contribution in [-0.4, -0.2) is 29.5 Å². The highest BCUT2D eigenvalue weighted by Gasteiger charge is 2.35. The van der Waals surface area contributed by atoms with Crippen LogP contribution in [-0.2, 0) is 6.54 Å². The van der Waals surface area contributed by atoms with Crippen LogP contribution in [0.15, 0.2) is 6.07 Å². The van der Waals surface area contributed by atoms with E-state index in [-0.39, 0.29) is 12.2 Å². The van der Waals surface area contributed by atoms with E-state index in [1.54, 1.807) is 0 Å². The number of nitrogens with two attached hydrogens (primary N) is 1. The minimum atomic E-state index is -5.05. The highest BCUT2D eigenvalue weighted by atomic mass is 19.4. The van der Waals surface area contributed by atoms with Gasteiger partial charge in [-0.2, -0.15) is 0 Å². The van der Waals surface area contributed by atoms with E-state index < -0.39 is 29.5 Å². The molecule has 6 nitrogen and oxygen atoms in total. The number of halogens is 3. The van der Waals surface area contributed by atoms with E-state index in [2.05, 4.69) is 14.5 Å². The normalized spacial score (nSPS) is 11.2. The molecule has 0 atom stereocenters.